The van der Waals surface area contributed by atoms with Crippen molar-refractivity contribution in [3.8, 4) is 5.75 Å². The van der Waals surface area contributed by atoms with Crippen molar-refractivity contribution in [3.05, 3.63) is 30.3 Å². The number of methoxy groups -OCH3 is 1. The Bertz CT molecular complexity index is 447. The maximum atomic E-state index is 6.18. The molecule has 3 nitrogen and oxygen atoms in total. The van der Waals surface area contributed by atoms with Crippen LogP contribution in [-0.4, -0.2) is 32.0 Å². The maximum absolute atomic E-state index is 6.18. The highest BCUT2D eigenvalue weighted by Gasteiger charge is 2.59. The third-order valence-electron chi connectivity index (χ3n) is 4.97. The third kappa shape index (κ3) is 2.82. The number of hydrogen-bond donors (Lipinski definition) is 0. The molecule has 0 aromatic heterocycles. The molecule has 4 rings (SSSR count). The summed E-state index contributed by atoms with van der Waals surface area (Å²) in [6.45, 7) is 4.73. The lowest BCUT2D eigenvalue weighted by Gasteiger charge is -2.33. The van der Waals surface area contributed by atoms with Crippen molar-refractivity contribution in [2.24, 2.45) is 17.8 Å². The van der Waals surface area contributed by atoms with Gasteiger partial charge in [0.15, 0.2) is 0 Å². The van der Waals surface area contributed by atoms with E-state index in [0.717, 1.165) is 30.6 Å². The number of rotatable bonds is 3. The molecule has 0 radical (unpaired) electrons. The normalized spacial score (nSPS) is 39.6. The van der Waals surface area contributed by atoms with E-state index >= 15 is 0 Å². The molecule has 0 bridgehead atoms. The zero-order valence-electron chi connectivity index (χ0n) is 13.2. The fourth-order valence-corrected chi connectivity index (χ4v) is 3.97. The molecule has 116 valence electrons. The lowest BCUT2D eigenvalue weighted by molar-refractivity contribution is -0.0325. The summed E-state index contributed by atoms with van der Waals surface area (Å²) in [7, 11) is 1.80. The van der Waals surface area contributed by atoms with Gasteiger partial charge >= 0.3 is 0 Å². The van der Waals surface area contributed by atoms with Crippen LogP contribution in [-0.2, 0) is 9.47 Å². The molecular formula is C18H26O3. The van der Waals surface area contributed by atoms with Gasteiger partial charge in [-0.1, -0.05) is 32.0 Å². The van der Waals surface area contributed by atoms with Gasteiger partial charge in [-0.2, -0.15) is 0 Å². The Balaban J connectivity index is 0.000000636. The average molecular weight is 290 g/mol. The molecule has 2 saturated carbocycles. The Hall–Kier alpha value is -1.06. The van der Waals surface area contributed by atoms with Gasteiger partial charge in [0.05, 0.1) is 12.7 Å². The molecule has 21 heavy (non-hydrogen) atoms. The summed E-state index contributed by atoms with van der Waals surface area (Å²) in [6, 6.07) is 10.1. The molecule has 1 aromatic rings. The summed E-state index contributed by atoms with van der Waals surface area (Å²) < 4.78 is 17.8. The Morgan fingerprint density at radius 2 is 1.81 bits per heavy atom. The van der Waals surface area contributed by atoms with Gasteiger partial charge in [0, 0.05) is 13.0 Å². The van der Waals surface area contributed by atoms with Crippen molar-refractivity contribution in [1.82, 2.24) is 0 Å². The Labute approximate surface area is 127 Å². The van der Waals surface area contributed by atoms with Crippen molar-refractivity contribution in [3.63, 3.8) is 0 Å². The minimum Gasteiger partial charge on any atom is -0.488 e. The van der Waals surface area contributed by atoms with Gasteiger partial charge in [0.2, 0.25) is 0 Å². The lowest BCUT2D eigenvalue weighted by Crippen LogP contribution is -2.43. The summed E-state index contributed by atoms with van der Waals surface area (Å²) in [5.41, 5.74) is 0. The maximum Gasteiger partial charge on any atom is 0.125 e. The molecule has 0 amide bonds. The van der Waals surface area contributed by atoms with Crippen molar-refractivity contribution < 1.29 is 14.2 Å². The first-order chi connectivity index (χ1) is 10.4. The molecule has 1 aliphatic heterocycles. The van der Waals surface area contributed by atoms with Gasteiger partial charge < -0.3 is 14.2 Å². The van der Waals surface area contributed by atoms with Gasteiger partial charge in [-0.05, 0) is 36.8 Å². The van der Waals surface area contributed by atoms with Gasteiger partial charge in [0.25, 0.3) is 0 Å². The molecule has 2 aliphatic carbocycles. The molecule has 3 unspecified atom stereocenters. The van der Waals surface area contributed by atoms with Crippen LogP contribution in [0.3, 0.4) is 0 Å². The van der Waals surface area contributed by atoms with Crippen molar-refractivity contribution in [2.75, 3.05) is 13.7 Å². The molecule has 1 saturated heterocycles. The summed E-state index contributed by atoms with van der Waals surface area (Å²) in [5, 5.41) is 0. The monoisotopic (exact) mass is 290 g/mol. The molecule has 3 heteroatoms. The van der Waals surface area contributed by atoms with E-state index in [2.05, 4.69) is 0 Å². The first-order valence-electron chi connectivity index (χ1n) is 8.23. The first kappa shape index (κ1) is 14.9. The van der Waals surface area contributed by atoms with Crippen LogP contribution in [0.15, 0.2) is 30.3 Å². The van der Waals surface area contributed by atoms with Gasteiger partial charge in [-0.15, -0.1) is 0 Å². The van der Waals surface area contributed by atoms with Crippen LogP contribution in [0.1, 0.15) is 26.7 Å². The standard InChI is InChI=1S/C16H20O3.C2H6/c1-17-14-9-18-16-13(8-10-7-12(10)15(14)16)19-11-5-3-2-4-6-11;1-2/h2-6,10,12-16H,7-9H2,1H3;1-2H3/t10?,12?,13?,14-,15-,16-;/m1./s1. The summed E-state index contributed by atoms with van der Waals surface area (Å²) in [4.78, 5) is 0. The second kappa shape index (κ2) is 6.37. The highest BCUT2D eigenvalue weighted by molar-refractivity contribution is 5.22. The number of hydrogen-bond acceptors (Lipinski definition) is 3. The highest BCUT2D eigenvalue weighted by atomic mass is 16.6. The summed E-state index contributed by atoms with van der Waals surface area (Å²) in [6.07, 6.45) is 3.14. The molecule has 1 heterocycles. The van der Waals surface area contributed by atoms with E-state index in [1.54, 1.807) is 7.11 Å². The molecule has 1 aromatic carbocycles. The number of para-hydroxylation sites is 1. The Morgan fingerprint density at radius 3 is 2.52 bits per heavy atom. The average Bonchev–Trinajstić information content (AvgIpc) is 3.18. The quantitative estimate of drug-likeness (QED) is 0.852. The van der Waals surface area contributed by atoms with Crippen molar-refractivity contribution in [2.45, 2.75) is 45.0 Å². The van der Waals surface area contributed by atoms with Crippen LogP contribution in [0.5, 0.6) is 5.75 Å². The van der Waals surface area contributed by atoms with Crippen LogP contribution in [0.2, 0.25) is 0 Å². The van der Waals surface area contributed by atoms with Crippen LogP contribution in [0.4, 0.5) is 0 Å². The lowest BCUT2D eigenvalue weighted by atomic mass is 9.82. The molecule has 3 fully saturated rings. The largest absolute Gasteiger partial charge is 0.488 e. The minimum atomic E-state index is 0.191. The Morgan fingerprint density at radius 1 is 1.05 bits per heavy atom. The third-order valence-corrected chi connectivity index (χ3v) is 4.97. The SMILES string of the molecule is CC.CO[C@@H]1CO[C@@H]2C(Oc3ccccc3)CC3CC3[C@@H]21. The summed E-state index contributed by atoms with van der Waals surface area (Å²) in [5.74, 6) is 3.13. The van der Waals surface area contributed by atoms with E-state index in [9.17, 15) is 0 Å². The Kier molecular flexibility index (Phi) is 4.51. The van der Waals surface area contributed by atoms with Gasteiger partial charge in [-0.25, -0.2) is 0 Å². The number of ether oxygens (including phenoxy) is 3. The van der Waals surface area contributed by atoms with Crippen LogP contribution >= 0.6 is 0 Å². The van der Waals surface area contributed by atoms with Crippen LogP contribution < -0.4 is 4.74 Å². The van der Waals surface area contributed by atoms with Crippen molar-refractivity contribution in [1.29, 1.82) is 0 Å². The second-order valence-electron chi connectivity index (χ2n) is 6.01. The van der Waals surface area contributed by atoms with Gasteiger partial charge in [0.1, 0.15) is 18.0 Å². The topological polar surface area (TPSA) is 27.7 Å². The number of fused-ring (bicyclic) bond motifs is 3. The predicted molar refractivity (Wildman–Crippen MR) is 82.4 cm³/mol. The van der Waals surface area contributed by atoms with E-state index in [1.165, 1.54) is 6.42 Å². The van der Waals surface area contributed by atoms with Crippen LogP contribution in [0.25, 0.3) is 0 Å². The van der Waals surface area contributed by atoms with E-state index in [-0.39, 0.29) is 18.3 Å². The molecule has 0 N–H and O–H groups in total. The van der Waals surface area contributed by atoms with E-state index in [1.807, 2.05) is 44.2 Å². The van der Waals surface area contributed by atoms with Crippen LogP contribution in [0, 0.1) is 17.8 Å². The van der Waals surface area contributed by atoms with E-state index in [0.29, 0.717) is 5.92 Å². The first-order valence-corrected chi connectivity index (χ1v) is 8.23. The molecule has 6 atom stereocenters. The highest BCUT2D eigenvalue weighted by Crippen LogP contribution is 2.57. The van der Waals surface area contributed by atoms with E-state index < -0.39 is 0 Å². The smallest absolute Gasteiger partial charge is 0.125 e. The fourth-order valence-electron chi connectivity index (χ4n) is 3.97. The predicted octanol–water partition coefficient (Wildman–Crippen LogP) is 3.53. The molecular weight excluding hydrogens is 264 g/mol. The molecule has 0 spiro atoms. The van der Waals surface area contributed by atoms with E-state index in [4.69, 9.17) is 14.2 Å². The molecule has 3 aliphatic rings. The van der Waals surface area contributed by atoms with Gasteiger partial charge in [-0.3, -0.25) is 0 Å². The zero-order chi connectivity index (χ0) is 14.8. The number of benzene rings is 1. The fraction of sp³-hybridized carbons (Fsp3) is 0.667. The van der Waals surface area contributed by atoms with Crippen molar-refractivity contribution >= 4 is 0 Å². The minimum absolute atomic E-state index is 0.191. The zero-order valence-corrected chi connectivity index (χ0v) is 13.2. The second-order valence-corrected chi connectivity index (χ2v) is 6.01. The summed E-state index contributed by atoms with van der Waals surface area (Å²) >= 11 is 0.